The van der Waals surface area contributed by atoms with E-state index in [1.807, 2.05) is 6.92 Å². The van der Waals surface area contributed by atoms with Crippen LogP contribution in [0.4, 0.5) is 5.69 Å². The molecule has 0 aliphatic rings. The molecule has 2 N–H and O–H groups in total. The van der Waals surface area contributed by atoms with E-state index in [1.54, 1.807) is 6.07 Å². The van der Waals surface area contributed by atoms with Gasteiger partial charge in [0, 0.05) is 6.54 Å². The van der Waals surface area contributed by atoms with Gasteiger partial charge in [0.05, 0.1) is 16.3 Å². The van der Waals surface area contributed by atoms with E-state index in [0.717, 1.165) is 5.57 Å². The van der Waals surface area contributed by atoms with Gasteiger partial charge in [-0.2, -0.15) is 0 Å². The summed E-state index contributed by atoms with van der Waals surface area (Å²) < 4.78 is 0. The lowest BCUT2D eigenvalue weighted by molar-refractivity contribution is 0.0697. The molecule has 0 aromatic heterocycles. The Labute approximate surface area is 93.4 Å². The minimum Gasteiger partial charge on any atom is -0.478 e. The van der Waals surface area contributed by atoms with Crippen molar-refractivity contribution in [2.24, 2.45) is 0 Å². The van der Waals surface area contributed by atoms with Crippen molar-refractivity contribution in [1.82, 2.24) is 0 Å². The molecule has 0 unspecified atom stereocenters. The fourth-order valence-electron chi connectivity index (χ4n) is 1.04. The van der Waals surface area contributed by atoms with Crippen LogP contribution in [0.2, 0.25) is 5.02 Å². The number of anilines is 1. The predicted molar refractivity (Wildman–Crippen MR) is 61.7 cm³/mol. The lowest BCUT2D eigenvalue weighted by Gasteiger charge is -2.08. The van der Waals surface area contributed by atoms with Gasteiger partial charge in [0.15, 0.2) is 0 Å². The molecular formula is C11H12ClNO2. The average Bonchev–Trinajstić information content (AvgIpc) is 2.15. The zero-order valence-electron chi connectivity index (χ0n) is 8.38. The molecule has 0 bridgehead atoms. The second-order valence-electron chi connectivity index (χ2n) is 3.31. The Morgan fingerprint density at radius 3 is 2.73 bits per heavy atom. The summed E-state index contributed by atoms with van der Waals surface area (Å²) in [6.45, 7) is 6.26. The maximum atomic E-state index is 10.6. The predicted octanol–water partition coefficient (Wildman–Crippen LogP) is 3.03. The molecule has 0 fully saturated rings. The van der Waals surface area contributed by atoms with Crippen molar-refractivity contribution in [1.29, 1.82) is 0 Å². The lowest BCUT2D eigenvalue weighted by atomic mass is 10.2. The van der Waals surface area contributed by atoms with E-state index in [0.29, 0.717) is 17.3 Å². The number of carbonyl (C=O) groups is 1. The first kappa shape index (κ1) is 11.6. The normalized spacial score (nSPS) is 9.73. The number of benzene rings is 1. The Morgan fingerprint density at radius 1 is 1.60 bits per heavy atom. The lowest BCUT2D eigenvalue weighted by Crippen LogP contribution is -2.03. The maximum absolute atomic E-state index is 10.6. The van der Waals surface area contributed by atoms with Crippen LogP contribution in [0.15, 0.2) is 30.4 Å². The highest BCUT2D eigenvalue weighted by Gasteiger charge is 2.06. The zero-order valence-corrected chi connectivity index (χ0v) is 9.14. The Balaban J connectivity index is 2.83. The summed E-state index contributed by atoms with van der Waals surface area (Å²) in [6, 6.07) is 4.58. The maximum Gasteiger partial charge on any atom is 0.335 e. The number of hydrogen-bond acceptors (Lipinski definition) is 2. The topological polar surface area (TPSA) is 49.3 Å². The third kappa shape index (κ3) is 3.29. The largest absolute Gasteiger partial charge is 0.478 e. The molecule has 1 rings (SSSR count). The van der Waals surface area contributed by atoms with Crippen molar-refractivity contribution in [3.8, 4) is 0 Å². The first-order chi connectivity index (χ1) is 7.00. The summed E-state index contributed by atoms with van der Waals surface area (Å²) in [7, 11) is 0. The monoisotopic (exact) mass is 225 g/mol. The Hall–Kier alpha value is -1.48. The highest BCUT2D eigenvalue weighted by atomic mass is 35.5. The van der Waals surface area contributed by atoms with Crippen molar-refractivity contribution in [3.05, 3.63) is 40.9 Å². The van der Waals surface area contributed by atoms with E-state index in [4.69, 9.17) is 16.7 Å². The van der Waals surface area contributed by atoms with E-state index >= 15 is 0 Å². The molecule has 0 amide bonds. The molecule has 80 valence electrons. The molecule has 0 aliphatic carbocycles. The standard InChI is InChI=1S/C11H12ClNO2/c1-7(2)6-13-10-4-3-8(11(14)15)5-9(10)12/h3-5,13H,1,6H2,2H3,(H,14,15). The molecule has 0 aliphatic heterocycles. The molecule has 1 aromatic rings. The summed E-state index contributed by atoms with van der Waals surface area (Å²) in [4.78, 5) is 10.6. The van der Waals surface area contributed by atoms with Gasteiger partial charge in [0.1, 0.15) is 0 Å². The molecule has 0 saturated heterocycles. The third-order valence-electron chi connectivity index (χ3n) is 1.80. The summed E-state index contributed by atoms with van der Waals surface area (Å²) in [5, 5.41) is 12.2. The number of hydrogen-bond donors (Lipinski definition) is 2. The molecule has 0 spiro atoms. The van der Waals surface area contributed by atoms with Gasteiger partial charge in [0.2, 0.25) is 0 Å². The van der Waals surface area contributed by atoms with Gasteiger partial charge in [-0.25, -0.2) is 4.79 Å². The van der Waals surface area contributed by atoms with Gasteiger partial charge in [-0.05, 0) is 25.1 Å². The Kier molecular flexibility index (Phi) is 3.74. The summed E-state index contributed by atoms with van der Waals surface area (Å²) in [6.07, 6.45) is 0. The summed E-state index contributed by atoms with van der Waals surface area (Å²) in [5.41, 5.74) is 1.87. The van der Waals surface area contributed by atoms with Crippen LogP contribution in [0.5, 0.6) is 0 Å². The number of halogens is 1. The molecule has 0 atom stereocenters. The number of carboxylic acid groups (broad SMARTS) is 1. The fraction of sp³-hybridized carbons (Fsp3) is 0.182. The third-order valence-corrected chi connectivity index (χ3v) is 2.11. The van der Waals surface area contributed by atoms with Crippen LogP contribution in [0, 0.1) is 0 Å². The second kappa shape index (κ2) is 4.84. The Morgan fingerprint density at radius 2 is 2.27 bits per heavy atom. The average molecular weight is 226 g/mol. The highest BCUT2D eigenvalue weighted by molar-refractivity contribution is 6.33. The smallest absolute Gasteiger partial charge is 0.335 e. The number of aromatic carboxylic acids is 1. The van der Waals surface area contributed by atoms with Gasteiger partial charge in [-0.1, -0.05) is 23.8 Å². The quantitative estimate of drug-likeness (QED) is 0.775. The van der Waals surface area contributed by atoms with E-state index in [2.05, 4.69) is 11.9 Å². The van der Waals surface area contributed by atoms with Crippen LogP contribution in [0.25, 0.3) is 0 Å². The van der Waals surface area contributed by atoms with Crippen LogP contribution in [0.1, 0.15) is 17.3 Å². The molecule has 3 nitrogen and oxygen atoms in total. The van der Waals surface area contributed by atoms with Crippen molar-refractivity contribution in [2.75, 3.05) is 11.9 Å². The molecule has 4 heteroatoms. The Bertz CT molecular complexity index is 402. The second-order valence-corrected chi connectivity index (χ2v) is 3.72. The van der Waals surface area contributed by atoms with Gasteiger partial charge in [0.25, 0.3) is 0 Å². The van der Waals surface area contributed by atoms with E-state index in [9.17, 15) is 4.79 Å². The highest BCUT2D eigenvalue weighted by Crippen LogP contribution is 2.23. The van der Waals surface area contributed by atoms with Crippen LogP contribution in [-0.2, 0) is 0 Å². The van der Waals surface area contributed by atoms with Crippen molar-refractivity contribution < 1.29 is 9.90 Å². The van der Waals surface area contributed by atoms with Gasteiger partial charge in [-0.3, -0.25) is 0 Å². The van der Waals surface area contributed by atoms with Crippen molar-refractivity contribution in [2.45, 2.75) is 6.92 Å². The van der Waals surface area contributed by atoms with E-state index in [-0.39, 0.29) is 5.56 Å². The summed E-state index contributed by atoms with van der Waals surface area (Å²) >= 11 is 5.90. The fourth-order valence-corrected chi connectivity index (χ4v) is 1.28. The molecular weight excluding hydrogens is 214 g/mol. The van der Waals surface area contributed by atoms with Crippen LogP contribution in [-0.4, -0.2) is 17.6 Å². The molecule has 1 aromatic carbocycles. The SMILES string of the molecule is C=C(C)CNc1ccc(C(=O)O)cc1Cl. The zero-order chi connectivity index (χ0) is 11.4. The van der Waals surface area contributed by atoms with Crippen LogP contribution in [0.3, 0.4) is 0 Å². The first-order valence-electron chi connectivity index (χ1n) is 4.42. The van der Waals surface area contributed by atoms with Crippen molar-refractivity contribution in [3.63, 3.8) is 0 Å². The molecule has 0 saturated carbocycles. The molecule has 0 heterocycles. The van der Waals surface area contributed by atoms with Crippen LogP contribution >= 0.6 is 11.6 Å². The minimum atomic E-state index is -0.983. The van der Waals surface area contributed by atoms with Gasteiger partial charge >= 0.3 is 5.97 Å². The van der Waals surface area contributed by atoms with Gasteiger partial charge in [-0.15, -0.1) is 0 Å². The van der Waals surface area contributed by atoms with Crippen LogP contribution < -0.4 is 5.32 Å². The van der Waals surface area contributed by atoms with E-state index in [1.165, 1.54) is 12.1 Å². The first-order valence-corrected chi connectivity index (χ1v) is 4.79. The van der Waals surface area contributed by atoms with Crippen molar-refractivity contribution >= 4 is 23.3 Å². The summed E-state index contributed by atoms with van der Waals surface area (Å²) in [5.74, 6) is -0.983. The minimum absolute atomic E-state index is 0.181. The number of nitrogens with one attached hydrogen (secondary N) is 1. The van der Waals surface area contributed by atoms with Gasteiger partial charge < -0.3 is 10.4 Å². The molecule has 15 heavy (non-hydrogen) atoms. The number of rotatable bonds is 4. The number of carboxylic acids is 1. The molecule has 0 radical (unpaired) electrons. The van der Waals surface area contributed by atoms with E-state index < -0.39 is 5.97 Å².